The fourth-order valence-electron chi connectivity index (χ4n) is 1.07. The zero-order valence-electron chi connectivity index (χ0n) is 8.45. The second-order valence-electron chi connectivity index (χ2n) is 3.64. The largest absolute Gasteiger partial charge is 0.300 e. The molecule has 0 unspecified atom stereocenters. The average molecular weight is 180 g/mol. The van der Waals surface area contributed by atoms with E-state index in [1.807, 2.05) is 17.1 Å². The first kappa shape index (κ1) is 9.96. The monoisotopic (exact) mass is 180 g/mol. The van der Waals surface area contributed by atoms with Gasteiger partial charge in [-0.25, -0.2) is 0 Å². The average Bonchev–Trinajstić information content (AvgIpc) is 2.48. The highest BCUT2D eigenvalue weighted by atomic mass is 16.1. The summed E-state index contributed by atoms with van der Waals surface area (Å²) in [6, 6.07) is 0. The summed E-state index contributed by atoms with van der Waals surface area (Å²) in [6.07, 6.45) is 4.44. The normalized spacial score (nSPS) is 10.8. The molecule has 0 aliphatic carbocycles. The lowest BCUT2D eigenvalue weighted by Crippen LogP contribution is -2.02. The Bertz CT molecular complexity index is 289. The van der Waals surface area contributed by atoms with E-state index < -0.39 is 0 Å². The minimum Gasteiger partial charge on any atom is -0.300 e. The smallest absolute Gasteiger partial charge is 0.131 e. The van der Waals surface area contributed by atoms with Crippen LogP contribution in [0.25, 0.3) is 0 Å². The third kappa shape index (κ3) is 3.01. The number of hydrogen-bond acceptors (Lipinski definition) is 2. The molecule has 3 heteroatoms. The molecule has 0 saturated heterocycles. The Balaban J connectivity index is 2.54. The van der Waals surface area contributed by atoms with Crippen LogP contribution in [0.3, 0.4) is 0 Å². The van der Waals surface area contributed by atoms with E-state index in [9.17, 15) is 4.79 Å². The molecule has 0 amide bonds. The molecule has 0 fully saturated rings. The minimum absolute atomic E-state index is 0.210. The van der Waals surface area contributed by atoms with Gasteiger partial charge in [0, 0.05) is 19.2 Å². The lowest BCUT2D eigenvalue weighted by atomic mass is 10.1. The number of hydrogen-bond donors (Lipinski definition) is 0. The van der Waals surface area contributed by atoms with E-state index in [4.69, 9.17) is 0 Å². The van der Waals surface area contributed by atoms with E-state index in [1.54, 1.807) is 6.92 Å². The molecular formula is C10H16N2O. The number of carbonyl (C=O) groups excluding carboxylic acids is 1. The van der Waals surface area contributed by atoms with Crippen LogP contribution in [0.15, 0.2) is 12.4 Å². The van der Waals surface area contributed by atoms with Crippen molar-refractivity contribution in [2.45, 2.75) is 39.7 Å². The van der Waals surface area contributed by atoms with Crippen molar-refractivity contribution in [3.63, 3.8) is 0 Å². The summed E-state index contributed by atoms with van der Waals surface area (Å²) in [6.45, 7) is 6.56. The first-order valence-electron chi connectivity index (χ1n) is 4.61. The summed E-state index contributed by atoms with van der Waals surface area (Å²) in [7, 11) is 0. The standard InChI is InChI=1S/C10H16N2O/c1-8(2)10-6-11-12(7-10)5-4-9(3)13/h6-8H,4-5H2,1-3H3. The summed E-state index contributed by atoms with van der Waals surface area (Å²) in [4.78, 5) is 10.7. The van der Waals surface area contributed by atoms with E-state index in [0.29, 0.717) is 18.9 Å². The van der Waals surface area contributed by atoms with Gasteiger partial charge in [-0.1, -0.05) is 13.8 Å². The zero-order valence-corrected chi connectivity index (χ0v) is 8.45. The third-order valence-corrected chi connectivity index (χ3v) is 2.01. The molecular weight excluding hydrogens is 164 g/mol. The van der Waals surface area contributed by atoms with E-state index >= 15 is 0 Å². The van der Waals surface area contributed by atoms with Crippen molar-refractivity contribution in [3.05, 3.63) is 18.0 Å². The van der Waals surface area contributed by atoms with Gasteiger partial charge < -0.3 is 0 Å². The molecule has 3 nitrogen and oxygen atoms in total. The summed E-state index contributed by atoms with van der Waals surface area (Å²) in [5.74, 6) is 0.715. The van der Waals surface area contributed by atoms with Gasteiger partial charge in [0.05, 0.1) is 6.20 Å². The minimum atomic E-state index is 0.210. The van der Waals surface area contributed by atoms with Gasteiger partial charge in [-0.05, 0) is 18.4 Å². The number of rotatable bonds is 4. The predicted molar refractivity (Wildman–Crippen MR) is 51.6 cm³/mol. The number of carbonyl (C=O) groups is 1. The second-order valence-corrected chi connectivity index (χ2v) is 3.64. The van der Waals surface area contributed by atoms with E-state index in [1.165, 1.54) is 5.56 Å². The van der Waals surface area contributed by atoms with Gasteiger partial charge in [0.1, 0.15) is 5.78 Å². The van der Waals surface area contributed by atoms with Crippen LogP contribution in [0, 0.1) is 0 Å². The summed E-state index contributed by atoms with van der Waals surface area (Å²) >= 11 is 0. The van der Waals surface area contributed by atoms with E-state index in [0.717, 1.165) is 0 Å². The zero-order chi connectivity index (χ0) is 9.84. The van der Waals surface area contributed by atoms with Crippen molar-refractivity contribution < 1.29 is 4.79 Å². The molecule has 0 bridgehead atoms. The second kappa shape index (κ2) is 4.21. The lowest BCUT2D eigenvalue weighted by molar-refractivity contribution is -0.117. The van der Waals surface area contributed by atoms with Crippen LogP contribution >= 0.6 is 0 Å². The van der Waals surface area contributed by atoms with Crippen LogP contribution < -0.4 is 0 Å². The fourth-order valence-corrected chi connectivity index (χ4v) is 1.07. The summed E-state index contributed by atoms with van der Waals surface area (Å²) < 4.78 is 1.83. The maximum atomic E-state index is 10.7. The molecule has 0 N–H and O–H groups in total. The lowest BCUT2D eigenvalue weighted by Gasteiger charge is -1.99. The molecule has 1 heterocycles. The SMILES string of the molecule is CC(=O)CCn1cc(C(C)C)cn1. The molecule has 0 radical (unpaired) electrons. The van der Waals surface area contributed by atoms with Gasteiger partial charge in [0.25, 0.3) is 0 Å². The Morgan fingerprint density at radius 3 is 2.77 bits per heavy atom. The number of aromatic nitrogens is 2. The Morgan fingerprint density at radius 1 is 1.62 bits per heavy atom. The van der Waals surface area contributed by atoms with Gasteiger partial charge >= 0.3 is 0 Å². The molecule has 1 aromatic heterocycles. The molecule has 1 aromatic rings. The topological polar surface area (TPSA) is 34.9 Å². The van der Waals surface area contributed by atoms with Crippen molar-refractivity contribution in [2.24, 2.45) is 0 Å². The molecule has 0 spiro atoms. The molecule has 72 valence electrons. The van der Waals surface area contributed by atoms with Crippen LogP contribution in [0.1, 0.15) is 38.7 Å². The van der Waals surface area contributed by atoms with Crippen molar-refractivity contribution in [2.75, 3.05) is 0 Å². The maximum Gasteiger partial charge on any atom is 0.131 e. The maximum absolute atomic E-state index is 10.7. The van der Waals surface area contributed by atoms with E-state index in [2.05, 4.69) is 18.9 Å². The highest BCUT2D eigenvalue weighted by Gasteiger charge is 2.02. The Labute approximate surface area is 78.8 Å². The molecule has 0 saturated carbocycles. The van der Waals surface area contributed by atoms with Gasteiger partial charge in [0.2, 0.25) is 0 Å². The number of ketones is 1. The molecule has 0 aliphatic heterocycles. The van der Waals surface area contributed by atoms with Crippen LogP contribution in [0.2, 0.25) is 0 Å². The van der Waals surface area contributed by atoms with Crippen molar-refractivity contribution in [1.82, 2.24) is 9.78 Å². The number of aryl methyl sites for hydroxylation is 1. The Morgan fingerprint density at radius 2 is 2.31 bits per heavy atom. The molecule has 1 rings (SSSR count). The van der Waals surface area contributed by atoms with Crippen molar-refractivity contribution >= 4 is 5.78 Å². The first-order chi connectivity index (χ1) is 6.09. The summed E-state index contributed by atoms with van der Waals surface area (Å²) in [5, 5.41) is 4.17. The Hall–Kier alpha value is -1.12. The molecule has 0 atom stereocenters. The fraction of sp³-hybridized carbons (Fsp3) is 0.600. The van der Waals surface area contributed by atoms with Gasteiger partial charge in [-0.15, -0.1) is 0 Å². The first-order valence-corrected chi connectivity index (χ1v) is 4.61. The molecule has 13 heavy (non-hydrogen) atoms. The molecule has 0 aromatic carbocycles. The molecule has 0 aliphatic rings. The van der Waals surface area contributed by atoms with E-state index in [-0.39, 0.29) is 5.78 Å². The predicted octanol–water partition coefficient (Wildman–Crippen LogP) is 1.99. The van der Waals surface area contributed by atoms with Crippen molar-refractivity contribution in [3.8, 4) is 0 Å². The van der Waals surface area contributed by atoms with Gasteiger partial charge in [-0.2, -0.15) is 5.10 Å². The highest BCUT2D eigenvalue weighted by molar-refractivity contribution is 5.75. The Kier molecular flexibility index (Phi) is 3.23. The van der Waals surface area contributed by atoms with Crippen LogP contribution in [0.5, 0.6) is 0 Å². The van der Waals surface area contributed by atoms with Crippen LogP contribution in [-0.2, 0) is 11.3 Å². The van der Waals surface area contributed by atoms with Crippen molar-refractivity contribution in [1.29, 1.82) is 0 Å². The van der Waals surface area contributed by atoms with Gasteiger partial charge in [0.15, 0.2) is 0 Å². The number of nitrogens with zero attached hydrogens (tertiary/aromatic N) is 2. The third-order valence-electron chi connectivity index (χ3n) is 2.01. The number of Topliss-reactive ketones (excluding diaryl/α,β-unsaturated/α-hetero) is 1. The summed E-state index contributed by atoms with van der Waals surface area (Å²) in [5.41, 5.74) is 1.23. The van der Waals surface area contributed by atoms with Crippen LogP contribution in [0.4, 0.5) is 0 Å². The highest BCUT2D eigenvalue weighted by Crippen LogP contribution is 2.12. The quantitative estimate of drug-likeness (QED) is 0.710. The van der Waals surface area contributed by atoms with Gasteiger partial charge in [-0.3, -0.25) is 9.48 Å². The van der Waals surface area contributed by atoms with Crippen LogP contribution in [-0.4, -0.2) is 15.6 Å².